The van der Waals surface area contributed by atoms with Crippen LogP contribution in [0.3, 0.4) is 0 Å². The fourth-order valence-corrected chi connectivity index (χ4v) is 3.18. The van der Waals surface area contributed by atoms with Crippen LogP contribution < -0.4 is 20.1 Å². The number of nitrogens with zero attached hydrogens (tertiary/aromatic N) is 1. The molecule has 0 aliphatic rings. The van der Waals surface area contributed by atoms with Gasteiger partial charge in [-0.25, -0.2) is 4.98 Å². The molecule has 8 heteroatoms. The number of ether oxygens (including phenoxy) is 2. The maximum atomic E-state index is 12.2. The van der Waals surface area contributed by atoms with E-state index < -0.39 is 0 Å². The van der Waals surface area contributed by atoms with Gasteiger partial charge in [-0.15, -0.1) is 0 Å². The van der Waals surface area contributed by atoms with Gasteiger partial charge in [-0.2, -0.15) is 0 Å². The number of carbonyl (C=O) groups is 2. The number of hydrogen-bond donors (Lipinski definition) is 2. The molecule has 2 aromatic carbocycles. The molecule has 33 heavy (non-hydrogen) atoms. The molecule has 0 fully saturated rings. The molecule has 0 bridgehead atoms. The first kappa shape index (κ1) is 23.8. The van der Waals surface area contributed by atoms with Crippen molar-refractivity contribution >= 4 is 11.8 Å². The lowest BCUT2D eigenvalue weighted by Gasteiger charge is -2.12. The van der Waals surface area contributed by atoms with Crippen LogP contribution in [0, 0.1) is 0 Å². The fourth-order valence-electron chi connectivity index (χ4n) is 3.18. The van der Waals surface area contributed by atoms with E-state index >= 15 is 0 Å². The molecule has 0 aliphatic heterocycles. The summed E-state index contributed by atoms with van der Waals surface area (Å²) in [5.41, 5.74) is 1.84. The topological polar surface area (TPSA) is 103 Å². The second-order valence-corrected chi connectivity index (χ2v) is 7.34. The first-order chi connectivity index (χ1) is 16.1. The molecule has 0 atom stereocenters. The number of aryl methyl sites for hydroxylation is 1. The number of likely N-dealkylation sites (N-methyl/N-ethyl adjacent to an activating group) is 1. The number of amides is 2. The van der Waals surface area contributed by atoms with E-state index in [2.05, 4.69) is 15.6 Å². The average molecular weight is 452 g/mol. The Labute approximate surface area is 193 Å². The third-order valence-corrected chi connectivity index (χ3v) is 4.86. The summed E-state index contributed by atoms with van der Waals surface area (Å²) in [5, 5.41) is 5.57. The van der Waals surface area contributed by atoms with Gasteiger partial charge in [0.25, 0.3) is 5.91 Å². The molecule has 0 spiro atoms. The molecule has 2 amide bonds. The Bertz CT molecular complexity index is 1050. The van der Waals surface area contributed by atoms with E-state index in [1.54, 1.807) is 18.3 Å². The second kappa shape index (κ2) is 12.3. The Morgan fingerprint density at radius 3 is 2.61 bits per heavy atom. The molecule has 0 radical (unpaired) electrons. The van der Waals surface area contributed by atoms with Crippen molar-refractivity contribution in [2.75, 3.05) is 20.3 Å². The van der Waals surface area contributed by atoms with Crippen LogP contribution in [-0.4, -0.2) is 37.1 Å². The summed E-state index contributed by atoms with van der Waals surface area (Å²) in [5.74, 6) is 2.07. The Morgan fingerprint density at radius 1 is 1.03 bits per heavy atom. The summed E-state index contributed by atoms with van der Waals surface area (Å²) >= 11 is 0. The lowest BCUT2D eigenvalue weighted by molar-refractivity contribution is -0.123. The first-order valence-electron chi connectivity index (χ1n) is 10.9. The van der Waals surface area contributed by atoms with Gasteiger partial charge in [0.05, 0.1) is 13.3 Å². The zero-order valence-electron chi connectivity index (χ0n) is 18.9. The van der Waals surface area contributed by atoms with Crippen LogP contribution in [-0.2, 0) is 22.6 Å². The van der Waals surface area contributed by atoms with Crippen molar-refractivity contribution in [3.8, 4) is 22.8 Å². The zero-order valence-corrected chi connectivity index (χ0v) is 18.9. The standard InChI is InChI=1S/C25H29N3O5/c1-3-26-24(30)17-32-20-13-12-18(14-21(20)31-2)15-27-23(29)10-7-11-25-28-16-22(33-25)19-8-5-4-6-9-19/h4-6,8-9,12-14,16H,3,7,10-11,15,17H2,1-2H3,(H,26,30)(H,27,29). The lowest BCUT2D eigenvalue weighted by Crippen LogP contribution is -2.28. The van der Waals surface area contributed by atoms with Crippen molar-refractivity contribution in [1.82, 2.24) is 15.6 Å². The predicted octanol–water partition coefficient (Wildman–Crippen LogP) is 3.50. The number of hydrogen-bond acceptors (Lipinski definition) is 6. The molecule has 0 unspecified atom stereocenters. The maximum absolute atomic E-state index is 12.2. The van der Waals surface area contributed by atoms with E-state index in [1.807, 2.05) is 43.3 Å². The Morgan fingerprint density at radius 2 is 1.85 bits per heavy atom. The highest BCUT2D eigenvalue weighted by Crippen LogP contribution is 2.28. The largest absolute Gasteiger partial charge is 0.493 e. The number of aromatic nitrogens is 1. The normalized spacial score (nSPS) is 10.5. The SMILES string of the molecule is CCNC(=O)COc1ccc(CNC(=O)CCCc2ncc(-c3ccccc3)o2)cc1OC. The molecule has 0 aliphatic carbocycles. The number of carbonyl (C=O) groups excluding carboxylic acids is 2. The van der Waals surface area contributed by atoms with E-state index in [-0.39, 0.29) is 18.4 Å². The van der Waals surface area contributed by atoms with Crippen molar-refractivity contribution in [2.24, 2.45) is 0 Å². The highest BCUT2D eigenvalue weighted by atomic mass is 16.5. The summed E-state index contributed by atoms with van der Waals surface area (Å²) in [4.78, 5) is 28.1. The number of benzene rings is 2. The summed E-state index contributed by atoms with van der Waals surface area (Å²) in [6, 6.07) is 15.1. The van der Waals surface area contributed by atoms with Gasteiger partial charge in [-0.3, -0.25) is 9.59 Å². The number of nitrogens with one attached hydrogen (secondary N) is 2. The summed E-state index contributed by atoms with van der Waals surface area (Å²) in [6.07, 6.45) is 3.30. The van der Waals surface area contributed by atoms with Crippen LogP contribution in [0.25, 0.3) is 11.3 Å². The molecule has 8 nitrogen and oxygen atoms in total. The third-order valence-electron chi connectivity index (χ3n) is 4.86. The molecule has 1 heterocycles. The van der Waals surface area contributed by atoms with Crippen molar-refractivity contribution in [2.45, 2.75) is 32.7 Å². The summed E-state index contributed by atoms with van der Waals surface area (Å²) < 4.78 is 16.6. The van der Waals surface area contributed by atoms with Gasteiger partial charge in [-0.05, 0) is 31.0 Å². The van der Waals surface area contributed by atoms with Gasteiger partial charge in [0.2, 0.25) is 5.91 Å². The Hall–Kier alpha value is -3.81. The molecular formula is C25H29N3O5. The third kappa shape index (κ3) is 7.38. The summed E-state index contributed by atoms with van der Waals surface area (Å²) in [7, 11) is 1.53. The van der Waals surface area contributed by atoms with E-state index in [4.69, 9.17) is 13.9 Å². The molecule has 3 aromatic rings. The minimum absolute atomic E-state index is 0.0552. The monoisotopic (exact) mass is 451 g/mol. The second-order valence-electron chi connectivity index (χ2n) is 7.34. The van der Waals surface area contributed by atoms with Gasteiger partial charge in [-0.1, -0.05) is 36.4 Å². The van der Waals surface area contributed by atoms with Crippen LogP contribution in [0.5, 0.6) is 11.5 Å². The van der Waals surface area contributed by atoms with Crippen LogP contribution in [0.15, 0.2) is 59.1 Å². The van der Waals surface area contributed by atoms with E-state index in [0.29, 0.717) is 49.7 Å². The van der Waals surface area contributed by atoms with Gasteiger partial charge >= 0.3 is 0 Å². The zero-order chi connectivity index (χ0) is 23.5. The average Bonchev–Trinajstić information content (AvgIpc) is 3.31. The van der Waals surface area contributed by atoms with Gasteiger partial charge in [0.1, 0.15) is 0 Å². The highest BCUT2D eigenvalue weighted by Gasteiger charge is 2.10. The minimum Gasteiger partial charge on any atom is -0.493 e. The van der Waals surface area contributed by atoms with Crippen LogP contribution in [0.1, 0.15) is 31.2 Å². The highest BCUT2D eigenvalue weighted by molar-refractivity contribution is 5.77. The van der Waals surface area contributed by atoms with Crippen LogP contribution >= 0.6 is 0 Å². The van der Waals surface area contributed by atoms with E-state index in [9.17, 15) is 9.59 Å². The smallest absolute Gasteiger partial charge is 0.257 e. The van der Waals surface area contributed by atoms with E-state index in [1.165, 1.54) is 7.11 Å². The molecular weight excluding hydrogens is 422 g/mol. The number of methoxy groups -OCH3 is 1. The van der Waals surface area contributed by atoms with Crippen molar-refractivity contribution in [1.29, 1.82) is 0 Å². The molecule has 2 N–H and O–H groups in total. The van der Waals surface area contributed by atoms with Crippen LogP contribution in [0.2, 0.25) is 0 Å². The number of rotatable bonds is 12. The maximum Gasteiger partial charge on any atom is 0.257 e. The molecule has 1 aromatic heterocycles. The van der Waals surface area contributed by atoms with Crippen molar-refractivity contribution in [3.05, 3.63) is 66.2 Å². The Balaban J connectivity index is 1.42. The van der Waals surface area contributed by atoms with Gasteiger partial charge < -0.3 is 24.5 Å². The van der Waals surface area contributed by atoms with Crippen molar-refractivity contribution < 1.29 is 23.5 Å². The fraction of sp³-hybridized carbons (Fsp3) is 0.320. The summed E-state index contributed by atoms with van der Waals surface area (Å²) in [6.45, 7) is 2.67. The van der Waals surface area contributed by atoms with Crippen molar-refractivity contribution in [3.63, 3.8) is 0 Å². The Kier molecular flexibility index (Phi) is 8.88. The van der Waals surface area contributed by atoms with Gasteiger partial charge in [0, 0.05) is 31.5 Å². The minimum atomic E-state index is -0.197. The van der Waals surface area contributed by atoms with Gasteiger partial charge in [0.15, 0.2) is 29.8 Å². The molecule has 0 saturated carbocycles. The number of oxazole rings is 1. The van der Waals surface area contributed by atoms with E-state index in [0.717, 1.165) is 16.9 Å². The quantitative estimate of drug-likeness (QED) is 0.437. The van der Waals surface area contributed by atoms with Crippen LogP contribution in [0.4, 0.5) is 0 Å². The first-order valence-corrected chi connectivity index (χ1v) is 10.9. The molecule has 0 saturated heterocycles. The lowest BCUT2D eigenvalue weighted by atomic mass is 10.2. The molecule has 174 valence electrons. The predicted molar refractivity (Wildman–Crippen MR) is 124 cm³/mol. The molecule has 3 rings (SSSR count).